The molecule has 29 heavy (non-hydrogen) atoms. The van der Waals surface area contributed by atoms with Gasteiger partial charge in [0, 0.05) is 66.1 Å². The van der Waals surface area contributed by atoms with E-state index >= 15 is 0 Å². The maximum absolute atomic E-state index is 10.5. The Hall–Kier alpha value is -3.28. The normalized spacial score (nSPS) is 9.17. The first kappa shape index (κ1) is 25.7. The van der Waals surface area contributed by atoms with Crippen LogP contribution in [0.3, 0.4) is 0 Å². The lowest BCUT2D eigenvalue weighted by Crippen LogP contribution is -1.88. The number of nitrogen functional groups attached to an aromatic ring is 1. The number of fused-ring (bicyclic) bond motifs is 2. The Kier molecular flexibility index (Phi) is 10.8. The molecule has 0 amide bonds. The molecule has 0 aliphatic carbocycles. The summed E-state index contributed by atoms with van der Waals surface area (Å²) < 4.78 is 4.01. The zero-order valence-corrected chi connectivity index (χ0v) is 17.5. The number of nitro groups is 1. The molecule has 2 N–H and O–H groups in total. The molecule has 0 aliphatic rings. The molecule has 0 bridgehead atoms. The lowest BCUT2D eigenvalue weighted by Gasteiger charge is -1.95. The monoisotopic (exact) mass is 398 g/mol. The number of hydrogen-bond donors (Lipinski definition) is 1. The van der Waals surface area contributed by atoms with Crippen molar-refractivity contribution in [1.29, 1.82) is 0 Å². The minimum absolute atomic E-state index is 0. The molecule has 2 aromatic carbocycles. The number of anilines is 1. The predicted molar refractivity (Wildman–Crippen MR) is 126 cm³/mol. The van der Waals surface area contributed by atoms with Crippen LogP contribution < -0.4 is 5.73 Å². The Morgan fingerprint density at radius 1 is 0.793 bits per heavy atom. The number of benzene rings is 2. The largest absolute Gasteiger partial charge is 0.399 e. The van der Waals surface area contributed by atoms with Gasteiger partial charge in [-0.15, -0.1) is 0 Å². The molecule has 6 nitrogen and oxygen atoms in total. The van der Waals surface area contributed by atoms with Crippen LogP contribution in [0, 0.1) is 10.1 Å². The Morgan fingerprint density at radius 2 is 1.24 bits per heavy atom. The maximum atomic E-state index is 10.5. The van der Waals surface area contributed by atoms with E-state index in [1.807, 2.05) is 83.0 Å². The number of hydrogen-bond acceptors (Lipinski definition) is 3. The molecule has 6 heteroatoms. The summed E-state index contributed by atoms with van der Waals surface area (Å²) in [6.45, 7) is 8.00. The molecule has 0 atom stereocenters. The second-order valence-electron chi connectivity index (χ2n) is 5.67. The van der Waals surface area contributed by atoms with Crippen LogP contribution in [0.4, 0.5) is 11.4 Å². The number of aryl methyl sites for hydroxylation is 2. The van der Waals surface area contributed by atoms with Crippen molar-refractivity contribution in [3.05, 3.63) is 71.0 Å². The number of rotatable bonds is 1. The van der Waals surface area contributed by atoms with Gasteiger partial charge in [0.05, 0.1) is 4.92 Å². The first-order chi connectivity index (χ1) is 13.5. The van der Waals surface area contributed by atoms with E-state index < -0.39 is 0 Å². The van der Waals surface area contributed by atoms with E-state index in [4.69, 9.17) is 5.73 Å². The molecular formula is C23H34N4O2. The smallest absolute Gasteiger partial charge is 0.270 e. The lowest BCUT2D eigenvalue weighted by molar-refractivity contribution is -0.384. The van der Waals surface area contributed by atoms with Crippen LogP contribution in [0.1, 0.15) is 35.1 Å². The van der Waals surface area contributed by atoms with Gasteiger partial charge in [0.25, 0.3) is 5.69 Å². The fourth-order valence-electron chi connectivity index (χ4n) is 2.68. The number of nitrogens with zero attached hydrogens (tertiary/aromatic N) is 3. The van der Waals surface area contributed by atoms with E-state index in [2.05, 4.69) is 10.6 Å². The summed E-state index contributed by atoms with van der Waals surface area (Å²) >= 11 is 0. The van der Waals surface area contributed by atoms with Crippen molar-refractivity contribution in [2.45, 2.75) is 35.1 Å². The molecule has 158 valence electrons. The molecule has 0 aliphatic heterocycles. The Bertz CT molecular complexity index is 1030. The molecule has 2 aromatic heterocycles. The van der Waals surface area contributed by atoms with Crippen LogP contribution >= 0.6 is 0 Å². The average Bonchev–Trinajstić information content (AvgIpc) is 3.27. The second kappa shape index (κ2) is 12.2. The van der Waals surface area contributed by atoms with Gasteiger partial charge in [0.1, 0.15) is 0 Å². The average molecular weight is 399 g/mol. The minimum Gasteiger partial charge on any atom is -0.399 e. The zero-order valence-electron chi connectivity index (χ0n) is 17.5. The SMILES string of the molecule is C.CC.CC.Cn1ccc2cc(N)ccc21.Cn1ccc2cc([N+](=O)[O-])ccc21. The van der Waals surface area contributed by atoms with E-state index in [1.165, 1.54) is 17.0 Å². The van der Waals surface area contributed by atoms with E-state index in [1.54, 1.807) is 12.1 Å². The molecule has 0 spiro atoms. The predicted octanol–water partition coefficient (Wildman–Crippen LogP) is 6.54. The number of aromatic nitrogens is 2. The quantitative estimate of drug-likeness (QED) is 0.225. The first-order valence-corrected chi connectivity index (χ1v) is 9.46. The summed E-state index contributed by atoms with van der Waals surface area (Å²) in [4.78, 5) is 10.1. The topological polar surface area (TPSA) is 79.0 Å². The second-order valence-corrected chi connectivity index (χ2v) is 5.67. The van der Waals surface area contributed by atoms with Crippen LogP contribution in [0.15, 0.2) is 60.9 Å². The lowest BCUT2D eigenvalue weighted by atomic mass is 10.2. The highest BCUT2D eigenvalue weighted by Crippen LogP contribution is 2.20. The first-order valence-electron chi connectivity index (χ1n) is 9.46. The molecule has 0 saturated heterocycles. The van der Waals surface area contributed by atoms with Crippen LogP contribution in [0.25, 0.3) is 21.8 Å². The molecule has 0 radical (unpaired) electrons. The molecule has 0 unspecified atom stereocenters. The van der Waals surface area contributed by atoms with Crippen molar-refractivity contribution in [3.8, 4) is 0 Å². The number of nitro benzene ring substituents is 1. The Labute approximate surface area is 173 Å². The van der Waals surface area contributed by atoms with Gasteiger partial charge in [0.2, 0.25) is 0 Å². The molecular weight excluding hydrogens is 364 g/mol. The number of nitrogens with two attached hydrogens (primary N) is 1. The highest BCUT2D eigenvalue weighted by Gasteiger charge is 2.06. The van der Waals surface area contributed by atoms with Crippen LogP contribution in [0.2, 0.25) is 0 Å². The highest BCUT2D eigenvalue weighted by molar-refractivity contribution is 5.83. The highest BCUT2D eigenvalue weighted by atomic mass is 16.6. The van der Waals surface area contributed by atoms with Gasteiger partial charge in [-0.05, 0) is 36.4 Å². The summed E-state index contributed by atoms with van der Waals surface area (Å²) in [5, 5.41) is 12.6. The van der Waals surface area contributed by atoms with Gasteiger partial charge in [-0.25, -0.2) is 0 Å². The zero-order chi connectivity index (χ0) is 21.3. The summed E-state index contributed by atoms with van der Waals surface area (Å²) in [6.07, 6.45) is 3.92. The van der Waals surface area contributed by atoms with Crippen molar-refractivity contribution >= 4 is 33.2 Å². The van der Waals surface area contributed by atoms with Gasteiger partial charge in [-0.2, -0.15) is 0 Å². The van der Waals surface area contributed by atoms with Crippen molar-refractivity contribution in [2.75, 3.05) is 5.73 Å². The van der Waals surface area contributed by atoms with Crippen LogP contribution in [-0.2, 0) is 14.1 Å². The summed E-state index contributed by atoms with van der Waals surface area (Å²) in [6, 6.07) is 14.7. The Morgan fingerprint density at radius 3 is 1.72 bits per heavy atom. The Balaban J connectivity index is 0.000000452. The van der Waals surface area contributed by atoms with Gasteiger partial charge in [0.15, 0.2) is 0 Å². The van der Waals surface area contributed by atoms with Crippen LogP contribution in [0.5, 0.6) is 0 Å². The van der Waals surface area contributed by atoms with Crippen LogP contribution in [-0.4, -0.2) is 14.1 Å². The third-order valence-electron chi connectivity index (χ3n) is 3.99. The van der Waals surface area contributed by atoms with E-state index in [0.29, 0.717) is 0 Å². The van der Waals surface area contributed by atoms with E-state index in [-0.39, 0.29) is 18.0 Å². The third kappa shape index (κ3) is 6.38. The van der Waals surface area contributed by atoms with Crippen molar-refractivity contribution in [1.82, 2.24) is 9.13 Å². The van der Waals surface area contributed by atoms with Gasteiger partial charge in [-0.1, -0.05) is 35.1 Å². The van der Waals surface area contributed by atoms with E-state index in [9.17, 15) is 10.1 Å². The standard InChI is InChI=1S/C9H8N2O2.C9H10N2.2C2H6.CH4/c1-10-5-4-7-6-8(11(12)13)2-3-9(7)10;1-11-5-4-7-6-8(10)2-3-9(7)11;2*1-2;/h2-6H,1H3;2-6H,10H2,1H3;2*1-2H3;1H4. The van der Waals surface area contributed by atoms with Gasteiger partial charge >= 0.3 is 0 Å². The maximum Gasteiger partial charge on any atom is 0.270 e. The van der Waals surface area contributed by atoms with Gasteiger partial charge < -0.3 is 14.9 Å². The van der Waals surface area contributed by atoms with Crippen molar-refractivity contribution in [3.63, 3.8) is 0 Å². The fourth-order valence-corrected chi connectivity index (χ4v) is 2.68. The third-order valence-corrected chi connectivity index (χ3v) is 3.99. The molecule has 0 fully saturated rings. The van der Waals surface area contributed by atoms with E-state index in [0.717, 1.165) is 16.6 Å². The van der Waals surface area contributed by atoms with Gasteiger partial charge in [-0.3, -0.25) is 10.1 Å². The minimum atomic E-state index is -0.382. The number of non-ortho nitro benzene ring substituents is 1. The molecule has 4 rings (SSSR count). The fraction of sp³-hybridized carbons (Fsp3) is 0.304. The van der Waals surface area contributed by atoms with Crippen molar-refractivity contribution < 1.29 is 4.92 Å². The molecule has 4 aromatic rings. The van der Waals surface area contributed by atoms with Crippen molar-refractivity contribution in [2.24, 2.45) is 14.1 Å². The summed E-state index contributed by atoms with van der Waals surface area (Å²) in [7, 11) is 3.94. The molecule has 0 saturated carbocycles. The molecule has 2 heterocycles. The summed E-state index contributed by atoms with van der Waals surface area (Å²) in [5.74, 6) is 0. The summed E-state index contributed by atoms with van der Waals surface area (Å²) in [5.41, 5.74) is 8.81.